The third kappa shape index (κ3) is 5.67. The number of urea groups is 1. The average molecular weight is 501 g/mol. The smallest absolute Gasteiger partial charge is 0.321 e. The molecule has 10 nitrogen and oxygen atoms in total. The van der Waals surface area contributed by atoms with Crippen molar-refractivity contribution in [2.75, 3.05) is 18.2 Å². The van der Waals surface area contributed by atoms with E-state index in [0.717, 1.165) is 5.69 Å². The molecule has 0 spiro atoms. The number of hydrogen-bond donors (Lipinski definition) is 3. The van der Waals surface area contributed by atoms with Gasteiger partial charge in [-0.1, -0.05) is 35.5 Å². The zero-order valence-electron chi connectivity index (χ0n) is 18.1. The van der Waals surface area contributed by atoms with E-state index < -0.39 is 12.1 Å². The van der Waals surface area contributed by atoms with Gasteiger partial charge in [0.1, 0.15) is 11.6 Å². The Morgan fingerprint density at radius 3 is 2.71 bits per heavy atom. The van der Waals surface area contributed by atoms with E-state index in [4.69, 9.17) is 16.3 Å². The molecular weight excluding hydrogens is 480 g/mol. The van der Waals surface area contributed by atoms with E-state index >= 15 is 0 Å². The van der Waals surface area contributed by atoms with Crippen molar-refractivity contribution in [1.29, 1.82) is 0 Å². The van der Waals surface area contributed by atoms with Crippen LogP contribution in [0.2, 0.25) is 5.02 Å². The number of hydrogen-bond acceptors (Lipinski definition) is 7. The first-order chi connectivity index (χ1) is 16.4. The second kappa shape index (κ2) is 10.6. The SMILES string of the molecule is COc1ccccc1NC(=O)CSc1nnc(CC2CC(=O)NC(=O)N2)n1-c1ccc(Cl)cc1. The molecule has 1 saturated heterocycles. The molecule has 2 aromatic carbocycles. The largest absolute Gasteiger partial charge is 0.495 e. The summed E-state index contributed by atoms with van der Waals surface area (Å²) < 4.78 is 7.06. The molecule has 1 atom stereocenters. The molecule has 4 amide bonds. The molecule has 3 aromatic rings. The van der Waals surface area contributed by atoms with Crippen LogP contribution in [0.4, 0.5) is 10.5 Å². The highest BCUT2D eigenvalue weighted by Crippen LogP contribution is 2.26. The van der Waals surface area contributed by atoms with E-state index in [1.807, 2.05) is 6.07 Å². The molecule has 0 bridgehead atoms. The van der Waals surface area contributed by atoms with Crippen molar-refractivity contribution in [1.82, 2.24) is 25.4 Å². The number of thioether (sulfide) groups is 1. The Morgan fingerprint density at radius 1 is 1.21 bits per heavy atom. The van der Waals surface area contributed by atoms with Crippen LogP contribution >= 0.6 is 23.4 Å². The first kappa shape index (κ1) is 23.6. The number of nitrogens with zero attached hydrogens (tertiary/aromatic N) is 3. The maximum absolute atomic E-state index is 12.6. The lowest BCUT2D eigenvalue weighted by atomic mass is 10.1. The van der Waals surface area contributed by atoms with Crippen LogP contribution in [-0.4, -0.2) is 51.5 Å². The number of rotatable bonds is 8. The molecule has 1 aliphatic rings. The summed E-state index contributed by atoms with van der Waals surface area (Å²) in [4.78, 5) is 36.0. The predicted octanol–water partition coefficient (Wildman–Crippen LogP) is 2.80. The van der Waals surface area contributed by atoms with Gasteiger partial charge in [-0.05, 0) is 36.4 Å². The van der Waals surface area contributed by atoms with Crippen LogP contribution < -0.4 is 20.7 Å². The van der Waals surface area contributed by atoms with Crippen molar-refractivity contribution in [3.63, 3.8) is 0 Å². The van der Waals surface area contributed by atoms with Crippen LogP contribution in [-0.2, 0) is 16.0 Å². The summed E-state index contributed by atoms with van der Waals surface area (Å²) in [5, 5.41) is 17.3. The molecule has 176 valence electrons. The lowest BCUT2D eigenvalue weighted by molar-refractivity contribution is -0.121. The minimum Gasteiger partial charge on any atom is -0.495 e. The summed E-state index contributed by atoms with van der Waals surface area (Å²) in [5.74, 6) is 0.583. The Hall–Kier alpha value is -3.57. The number of para-hydroxylation sites is 2. The highest BCUT2D eigenvalue weighted by molar-refractivity contribution is 7.99. The summed E-state index contributed by atoms with van der Waals surface area (Å²) in [5.41, 5.74) is 1.31. The lowest BCUT2D eigenvalue weighted by Crippen LogP contribution is -2.53. The summed E-state index contributed by atoms with van der Waals surface area (Å²) in [6, 6.07) is 13.3. The minimum atomic E-state index is -0.540. The molecule has 4 rings (SSSR count). The first-order valence-corrected chi connectivity index (χ1v) is 11.7. The van der Waals surface area contributed by atoms with Crippen LogP contribution in [0.15, 0.2) is 53.7 Å². The Balaban J connectivity index is 1.53. The number of anilines is 1. The van der Waals surface area contributed by atoms with Gasteiger partial charge in [-0.2, -0.15) is 0 Å². The predicted molar refractivity (Wildman–Crippen MR) is 128 cm³/mol. The van der Waals surface area contributed by atoms with Gasteiger partial charge < -0.3 is 15.4 Å². The standard InChI is InChI=1S/C22H21ClN6O4S/c1-33-17-5-3-2-4-16(17)25-20(31)12-34-22-28-27-18(10-14-11-19(30)26-21(32)24-14)29(22)15-8-6-13(23)7-9-15/h2-9,14H,10-12H2,1H3,(H,25,31)(H2,24,26,30,32). The van der Waals surface area contributed by atoms with Gasteiger partial charge in [0, 0.05) is 29.6 Å². The molecule has 12 heteroatoms. The summed E-state index contributed by atoms with van der Waals surface area (Å²) in [6.45, 7) is 0. The van der Waals surface area contributed by atoms with Crippen molar-refractivity contribution in [3.05, 3.63) is 59.4 Å². The van der Waals surface area contributed by atoms with Gasteiger partial charge in [-0.15, -0.1) is 10.2 Å². The molecule has 1 aromatic heterocycles. The zero-order valence-corrected chi connectivity index (χ0v) is 19.7. The van der Waals surface area contributed by atoms with Crippen molar-refractivity contribution in [2.24, 2.45) is 0 Å². The lowest BCUT2D eigenvalue weighted by Gasteiger charge is -2.23. The molecule has 0 aliphatic carbocycles. The van der Waals surface area contributed by atoms with E-state index in [2.05, 4.69) is 26.1 Å². The number of carbonyl (C=O) groups is 3. The van der Waals surface area contributed by atoms with E-state index in [1.54, 1.807) is 47.0 Å². The molecule has 34 heavy (non-hydrogen) atoms. The van der Waals surface area contributed by atoms with Crippen molar-refractivity contribution in [3.8, 4) is 11.4 Å². The van der Waals surface area contributed by atoms with Gasteiger partial charge >= 0.3 is 6.03 Å². The summed E-state index contributed by atoms with van der Waals surface area (Å²) in [7, 11) is 1.54. The van der Waals surface area contributed by atoms with E-state index in [-0.39, 0.29) is 30.4 Å². The Bertz CT molecular complexity index is 1200. The topological polar surface area (TPSA) is 127 Å². The van der Waals surface area contributed by atoms with Crippen molar-refractivity contribution >= 4 is 46.9 Å². The van der Waals surface area contributed by atoms with Gasteiger partial charge in [0.05, 0.1) is 18.6 Å². The number of halogens is 1. The van der Waals surface area contributed by atoms with Crippen LogP contribution in [0.5, 0.6) is 5.75 Å². The second-order valence-electron chi connectivity index (χ2n) is 7.37. The third-order valence-corrected chi connectivity index (χ3v) is 6.13. The first-order valence-electron chi connectivity index (χ1n) is 10.3. The fourth-order valence-corrected chi connectivity index (χ4v) is 4.35. The number of nitrogens with one attached hydrogen (secondary N) is 3. The second-order valence-corrected chi connectivity index (χ2v) is 8.75. The fraction of sp³-hybridized carbons (Fsp3) is 0.227. The fourth-order valence-electron chi connectivity index (χ4n) is 3.46. The number of ether oxygens (including phenoxy) is 1. The highest BCUT2D eigenvalue weighted by atomic mass is 35.5. The normalized spacial score (nSPS) is 15.4. The monoisotopic (exact) mass is 500 g/mol. The van der Waals surface area contributed by atoms with Gasteiger partial charge in [-0.3, -0.25) is 19.5 Å². The van der Waals surface area contributed by atoms with Crippen molar-refractivity contribution < 1.29 is 19.1 Å². The summed E-state index contributed by atoms with van der Waals surface area (Å²) >= 11 is 7.25. The molecular formula is C22H21ClN6O4S. The molecule has 1 unspecified atom stereocenters. The quantitative estimate of drug-likeness (QED) is 0.406. The van der Waals surface area contributed by atoms with Gasteiger partial charge in [0.25, 0.3) is 0 Å². The molecule has 0 radical (unpaired) electrons. The Kier molecular flexibility index (Phi) is 7.33. The Morgan fingerprint density at radius 2 is 1.97 bits per heavy atom. The molecule has 0 saturated carbocycles. The number of benzene rings is 2. The number of carbonyl (C=O) groups excluding carboxylic acids is 3. The molecule has 1 fully saturated rings. The third-order valence-electron chi connectivity index (χ3n) is 4.95. The van der Waals surface area contributed by atoms with Crippen molar-refractivity contribution in [2.45, 2.75) is 24.0 Å². The molecule has 3 N–H and O–H groups in total. The average Bonchev–Trinajstić information content (AvgIpc) is 3.20. The van der Waals surface area contributed by atoms with Gasteiger partial charge in [0.15, 0.2) is 5.16 Å². The zero-order chi connectivity index (χ0) is 24.1. The molecule has 1 aliphatic heterocycles. The van der Waals surface area contributed by atoms with Crippen LogP contribution in [0, 0.1) is 0 Å². The van der Waals surface area contributed by atoms with E-state index in [1.165, 1.54) is 18.9 Å². The minimum absolute atomic E-state index is 0.0757. The maximum atomic E-state index is 12.6. The van der Waals surface area contributed by atoms with Gasteiger partial charge in [0.2, 0.25) is 11.8 Å². The number of imide groups is 1. The van der Waals surface area contributed by atoms with E-state index in [0.29, 0.717) is 27.4 Å². The number of methoxy groups -OCH3 is 1. The molecule has 2 heterocycles. The number of aromatic nitrogens is 3. The van der Waals surface area contributed by atoms with E-state index in [9.17, 15) is 14.4 Å². The highest BCUT2D eigenvalue weighted by Gasteiger charge is 2.27. The van der Waals surface area contributed by atoms with Gasteiger partial charge in [-0.25, -0.2) is 4.79 Å². The van der Waals surface area contributed by atoms with Crippen LogP contribution in [0.3, 0.4) is 0 Å². The Labute approximate surface area is 204 Å². The van der Waals surface area contributed by atoms with Crippen LogP contribution in [0.25, 0.3) is 5.69 Å². The maximum Gasteiger partial charge on any atom is 0.321 e. The number of amides is 4. The summed E-state index contributed by atoms with van der Waals surface area (Å²) in [6.07, 6.45) is 0.408. The van der Waals surface area contributed by atoms with Crippen LogP contribution in [0.1, 0.15) is 12.2 Å².